The van der Waals surface area contributed by atoms with Gasteiger partial charge in [-0.05, 0) is 50.2 Å². The fourth-order valence-corrected chi connectivity index (χ4v) is 3.58. The van der Waals surface area contributed by atoms with E-state index in [-0.39, 0.29) is 18.8 Å². The standard InChI is InChI=1S/C24H31NO5/c26-19(12-8-11-18-9-4-3-5-10-18)15-16-20-21(23(27)17-22(20)25-30)13-6-1-2-7-14-24(28)29/h1,3-6,9-10,15,19,21,23,26-27,30H,2,7-8,11-14,17H2,(H,28,29)/b6-1-,25-22-/t16?,19?,21-,23+/m1/s1. The number of nitrogens with zero attached hydrogens (tertiary/aromatic N) is 1. The Labute approximate surface area is 177 Å². The first-order valence-electron chi connectivity index (χ1n) is 10.5. The van der Waals surface area contributed by atoms with Gasteiger partial charge in [0.05, 0.1) is 17.9 Å². The van der Waals surface area contributed by atoms with Crippen LogP contribution in [0.1, 0.15) is 50.5 Å². The average Bonchev–Trinajstić information content (AvgIpc) is 3.04. The molecule has 0 amide bonds. The van der Waals surface area contributed by atoms with E-state index in [2.05, 4.69) is 23.0 Å². The minimum absolute atomic E-state index is 0.133. The largest absolute Gasteiger partial charge is 0.481 e. The lowest BCUT2D eigenvalue weighted by molar-refractivity contribution is -0.137. The molecule has 1 aromatic rings. The van der Waals surface area contributed by atoms with Gasteiger partial charge < -0.3 is 20.5 Å². The van der Waals surface area contributed by atoms with Crippen molar-refractivity contribution in [1.29, 1.82) is 0 Å². The monoisotopic (exact) mass is 413 g/mol. The molecule has 6 nitrogen and oxygen atoms in total. The lowest BCUT2D eigenvalue weighted by Crippen LogP contribution is -2.13. The Hall–Kier alpha value is -2.66. The summed E-state index contributed by atoms with van der Waals surface area (Å²) in [7, 11) is 0. The predicted octanol–water partition coefficient (Wildman–Crippen LogP) is 3.86. The van der Waals surface area contributed by atoms with Crippen molar-refractivity contribution in [1.82, 2.24) is 0 Å². The molecule has 2 rings (SSSR count). The first-order chi connectivity index (χ1) is 14.5. The molecule has 1 fully saturated rings. The molecule has 0 aliphatic heterocycles. The maximum Gasteiger partial charge on any atom is 0.303 e. The Morgan fingerprint density at radius 2 is 2.00 bits per heavy atom. The molecule has 0 spiro atoms. The van der Waals surface area contributed by atoms with Crippen molar-refractivity contribution < 1.29 is 25.3 Å². The Balaban J connectivity index is 1.92. The summed E-state index contributed by atoms with van der Waals surface area (Å²) in [6, 6.07) is 10.1. The zero-order chi connectivity index (χ0) is 21.8. The van der Waals surface area contributed by atoms with E-state index >= 15 is 0 Å². The van der Waals surface area contributed by atoms with E-state index in [1.54, 1.807) is 6.08 Å². The van der Waals surface area contributed by atoms with Crippen LogP contribution in [0.4, 0.5) is 0 Å². The molecule has 1 aliphatic rings. The lowest BCUT2D eigenvalue weighted by Gasteiger charge is -2.12. The number of carboxylic acid groups (broad SMARTS) is 1. The number of rotatable bonds is 11. The van der Waals surface area contributed by atoms with E-state index in [1.165, 1.54) is 5.56 Å². The molecule has 0 aromatic heterocycles. The summed E-state index contributed by atoms with van der Waals surface area (Å²) in [5.74, 6) is -1.07. The second kappa shape index (κ2) is 12.8. The number of aryl methyl sites for hydroxylation is 1. The van der Waals surface area contributed by atoms with Crippen LogP contribution in [0.2, 0.25) is 0 Å². The number of oxime groups is 1. The predicted molar refractivity (Wildman–Crippen MR) is 116 cm³/mol. The zero-order valence-corrected chi connectivity index (χ0v) is 17.2. The van der Waals surface area contributed by atoms with Gasteiger partial charge in [0.25, 0.3) is 0 Å². The third kappa shape index (κ3) is 7.99. The number of hydrogen-bond donors (Lipinski definition) is 4. The number of aliphatic carboxylic acids is 1. The molecule has 0 bridgehead atoms. The number of unbranched alkanes of at least 4 members (excludes halogenated alkanes) is 1. The molecule has 1 saturated carbocycles. The minimum Gasteiger partial charge on any atom is -0.481 e. The molecule has 0 heterocycles. The third-order valence-electron chi connectivity index (χ3n) is 5.23. The number of carboxylic acids is 1. The van der Waals surface area contributed by atoms with Gasteiger partial charge in [-0.15, -0.1) is 5.73 Å². The van der Waals surface area contributed by atoms with E-state index in [4.69, 9.17) is 5.11 Å². The first-order valence-corrected chi connectivity index (χ1v) is 10.5. The van der Waals surface area contributed by atoms with E-state index in [9.17, 15) is 20.2 Å². The van der Waals surface area contributed by atoms with Crippen molar-refractivity contribution in [3.8, 4) is 0 Å². The van der Waals surface area contributed by atoms with Crippen LogP contribution < -0.4 is 0 Å². The smallest absolute Gasteiger partial charge is 0.303 e. The summed E-state index contributed by atoms with van der Waals surface area (Å²) in [5, 5.41) is 41.8. The molecule has 162 valence electrons. The van der Waals surface area contributed by atoms with Gasteiger partial charge in [-0.25, -0.2) is 0 Å². The van der Waals surface area contributed by atoms with Gasteiger partial charge in [0.1, 0.15) is 0 Å². The van der Waals surface area contributed by atoms with Gasteiger partial charge in [0, 0.05) is 24.3 Å². The Bertz CT molecular complexity index is 793. The van der Waals surface area contributed by atoms with E-state index in [0.29, 0.717) is 37.0 Å². The number of aliphatic hydroxyl groups excluding tert-OH is 2. The molecule has 3 atom stereocenters. The summed E-state index contributed by atoms with van der Waals surface area (Å²) in [6.07, 6.45) is 8.52. The summed E-state index contributed by atoms with van der Waals surface area (Å²) in [6.45, 7) is 0. The van der Waals surface area contributed by atoms with Gasteiger partial charge >= 0.3 is 5.97 Å². The van der Waals surface area contributed by atoms with Crippen molar-refractivity contribution in [2.45, 2.75) is 63.6 Å². The van der Waals surface area contributed by atoms with Crippen LogP contribution in [-0.4, -0.2) is 44.4 Å². The quantitative estimate of drug-likeness (QED) is 0.145. The van der Waals surface area contributed by atoms with Crippen LogP contribution in [-0.2, 0) is 11.2 Å². The highest BCUT2D eigenvalue weighted by Gasteiger charge is 2.34. The van der Waals surface area contributed by atoms with Crippen LogP contribution >= 0.6 is 0 Å². The highest BCUT2D eigenvalue weighted by Crippen LogP contribution is 2.32. The number of benzene rings is 1. The highest BCUT2D eigenvalue weighted by atomic mass is 16.4. The van der Waals surface area contributed by atoms with Crippen LogP contribution in [0.15, 0.2) is 65.0 Å². The van der Waals surface area contributed by atoms with Crippen LogP contribution in [0.25, 0.3) is 0 Å². The molecule has 30 heavy (non-hydrogen) atoms. The molecule has 4 N–H and O–H groups in total. The van der Waals surface area contributed by atoms with E-state index in [0.717, 1.165) is 12.8 Å². The lowest BCUT2D eigenvalue weighted by atomic mass is 9.96. The number of allylic oxidation sites excluding steroid dienone is 2. The van der Waals surface area contributed by atoms with Crippen LogP contribution in [0.3, 0.4) is 0 Å². The van der Waals surface area contributed by atoms with Crippen molar-refractivity contribution in [2.75, 3.05) is 0 Å². The van der Waals surface area contributed by atoms with Crippen LogP contribution in [0, 0.1) is 5.92 Å². The molecule has 0 radical (unpaired) electrons. The number of carbonyl (C=O) groups is 1. The van der Waals surface area contributed by atoms with Gasteiger partial charge in [0.15, 0.2) is 0 Å². The second-order valence-corrected chi connectivity index (χ2v) is 7.59. The molecule has 6 heteroatoms. The maximum absolute atomic E-state index is 10.5. The fraction of sp³-hybridized carbons (Fsp3) is 0.458. The van der Waals surface area contributed by atoms with E-state index in [1.807, 2.05) is 30.4 Å². The Kier molecular flexibility index (Phi) is 10.1. The van der Waals surface area contributed by atoms with Gasteiger partial charge in [-0.1, -0.05) is 47.6 Å². The molecule has 0 saturated heterocycles. The SMILES string of the molecule is O=C(O)CCC/C=C\C[C@@H]1C(=C=CC(O)CCCc2ccccc2)/C(=N\O)C[C@@H]1O. The molecule has 1 aliphatic carbocycles. The maximum atomic E-state index is 10.5. The van der Waals surface area contributed by atoms with Gasteiger partial charge in [0.2, 0.25) is 0 Å². The van der Waals surface area contributed by atoms with Crippen LogP contribution in [0.5, 0.6) is 0 Å². The van der Waals surface area contributed by atoms with Gasteiger partial charge in [-0.2, -0.15) is 0 Å². The number of aliphatic hydroxyl groups is 2. The summed E-state index contributed by atoms with van der Waals surface area (Å²) < 4.78 is 0. The Morgan fingerprint density at radius 1 is 1.23 bits per heavy atom. The van der Waals surface area contributed by atoms with Crippen molar-refractivity contribution in [2.24, 2.45) is 11.1 Å². The summed E-state index contributed by atoms with van der Waals surface area (Å²) in [5.41, 5.74) is 5.29. The Morgan fingerprint density at radius 3 is 2.70 bits per heavy atom. The number of hydrogen-bond acceptors (Lipinski definition) is 5. The summed E-state index contributed by atoms with van der Waals surface area (Å²) in [4.78, 5) is 10.5. The van der Waals surface area contributed by atoms with Gasteiger partial charge in [-0.3, -0.25) is 4.79 Å². The molecular formula is C24H31NO5. The first kappa shape index (κ1) is 23.6. The fourth-order valence-electron chi connectivity index (χ4n) is 3.58. The molecular weight excluding hydrogens is 382 g/mol. The van der Waals surface area contributed by atoms with Crippen molar-refractivity contribution in [3.63, 3.8) is 0 Å². The topological polar surface area (TPSA) is 110 Å². The molecule has 1 aromatic carbocycles. The minimum atomic E-state index is -0.809. The summed E-state index contributed by atoms with van der Waals surface area (Å²) >= 11 is 0. The second-order valence-electron chi connectivity index (χ2n) is 7.59. The van der Waals surface area contributed by atoms with Crippen molar-refractivity contribution in [3.05, 3.63) is 65.4 Å². The highest BCUT2D eigenvalue weighted by molar-refractivity contribution is 6.02. The van der Waals surface area contributed by atoms with E-state index < -0.39 is 18.2 Å². The third-order valence-corrected chi connectivity index (χ3v) is 5.23. The average molecular weight is 414 g/mol. The zero-order valence-electron chi connectivity index (χ0n) is 17.2. The normalized spacial score (nSPS) is 21.1. The van der Waals surface area contributed by atoms with Crippen molar-refractivity contribution >= 4 is 11.7 Å². The molecule has 1 unspecified atom stereocenters.